The first-order valence-corrected chi connectivity index (χ1v) is 14.3. The molecule has 0 spiro atoms. The van der Waals surface area contributed by atoms with Crippen LogP contribution in [0.2, 0.25) is 0 Å². The maximum absolute atomic E-state index is 12.8. The first kappa shape index (κ1) is 26.0. The van der Waals surface area contributed by atoms with Gasteiger partial charge in [-0.2, -0.15) is 4.31 Å². The number of hydrogen-bond acceptors (Lipinski definition) is 6. The third kappa shape index (κ3) is 6.28. The molecule has 186 valence electrons. The van der Waals surface area contributed by atoms with E-state index in [0.717, 1.165) is 11.8 Å². The maximum Gasteiger partial charge on any atom is 0.243 e. The number of carbonyl (C=O) groups is 1. The molecule has 1 saturated heterocycles. The van der Waals surface area contributed by atoms with Gasteiger partial charge in [-0.1, -0.05) is 23.8 Å². The lowest BCUT2D eigenvalue weighted by molar-refractivity contribution is -0.132. The van der Waals surface area contributed by atoms with E-state index in [-0.39, 0.29) is 36.9 Å². The Kier molecular flexibility index (Phi) is 8.21. The standard InChI is InChI=1S/C23H31N3O6S2/c1-19-9-11-22(12-10-19)34(30,31)25-16-14-24(15-17-25)23(27)8-5-13-26(33(3,28)29)20-6-4-7-21(18-20)32-2/h4,6-7,9-12,18H,5,8,13-17H2,1-3H3. The number of methoxy groups -OCH3 is 1. The average Bonchev–Trinajstić information content (AvgIpc) is 2.81. The van der Waals surface area contributed by atoms with E-state index >= 15 is 0 Å². The number of benzene rings is 2. The topological polar surface area (TPSA) is 104 Å². The van der Waals surface area contributed by atoms with Crippen molar-refractivity contribution in [1.29, 1.82) is 0 Å². The number of ether oxygens (including phenoxy) is 1. The van der Waals surface area contributed by atoms with E-state index in [1.54, 1.807) is 53.4 Å². The van der Waals surface area contributed by atoms with E-state index in [1.165, 1.54) is 15.7 Å². The van der Waals surface area contributed by atoms with Crippen LogP contribution in [0.5, 0.6) is 5.75 Å². The van der Waals surface area contributed by atoms with Gasteiger partial charge in [-0.3, -0.25) is 9.10 Å². The van der Waals surface area contributed by atoms with Gasteiger partial charge in [-0.25, -0.2) is 16.8 Å². The average molecular weight is 510 g/mol. The van der Waals surface area contributed by atoms with E-state index in [1.807, 2.05) is 6.92 Å². The van der Waals surface area contributed by atoms with Crippen LogP contribution in [0.25, 0.3) is 0 Å². The normalized spacial score (nSPS) is 15.2. The van der Waals surface area contributed by atoms with Crippen molar-refractivity contribution in [3.63, 3.8) is 0 Å². The summed E-state index contributed by atoms with van der Waals surface area (Å²) in [6.07, 6.45) is 1.63. The molecule has 11 heteroatoms. The second-order valence-corrected chi connectivity index (χ2v) is 12.1. The van der Waals surface area contributed by atoms with Gasteiger partial charge in [0.05, 0.1) is 23.9 Å². The number of sulfonamides is 2. The molecule has 1 aliphatic heterocycles. The second kappa shape index (κ2) is 10.7. The minimum Gasteiger partial charge on any atom is -0.497 e. The van der Waals surface area contributed by atoms with Crippen LogP contribution in [0, 0.1) is 6.92 Å². The molecule has 0 N–H and O–H groups in total. The Labute approximate surface area is 202 Å². The highest BCUT2D eigenvalue weighted by Gasteiger charge is 2.30. The number of carbonyl (C=O) groups excluding carboxylic acids is 1. The third-order valence-corrected chi connectivity index (χ3v) is 8.85. The maximum atomic E-state index is 12.8. The molecule has 0 aliphatic carbocycles. The molecule has 2 aromatic rings. The third-order valence-electron chi connectivity index (χ3n) is 5.74. The number of rotatable bonds is 9. The van der Waals surface area contributed by atoms with Crippen LogP contribution in [0.4, 0.5) is 5.69 Å². The molecule has 1 heterocycles. The van der Waals surface area contributed by atoms with Gasteiger partial charge >= 0.3 is 0 Å². The lowest BCUT2D eigenvalue weighted by Crippen LogP contribution is -2.50. The molecule has 0 bridgehead atoms. The molecule has 3 rings (SSSR count). The van der Waals surface area contributed by atoms with Gasteiger partial charge in [-0.15, -0.1) is 0 Å². The number of amides is 1. The van der Waals surface area contributed by atoms with E-state index < -0.39 is 20.0 Å². The van der Waals surface area contributed by atoms with Gasteiger partial charge in [0.1, 0.15) is 5.75 Å². The molecule has 0 saturated carbocycles. The fraction of sp³-hybridized carbons (Fsp3) is 0.435. The number of anilines is 1. The summed E-state index contributed by atoms with van der Waals surface area (Å²) in [5.74, 6) is 0.423. The Morgan fingerprint density at radius 3 is 2.24 bits per heavy atom. The molecule has 0 atom stereocenters. The monoisotopic (exact) mass is 509 g/mol. The minimum atomic E-state index is -3.60. The zero-order chi connectivity index (χ0) is 24.9. The summed E-state index contributed by atoms with van der Waals surface area (Å²) in [6, 6.07) is 13.5. The highest BCUT2D eigenvalue weighted by atomic mass is 32.2. The first-order valence-electron chi connectivity index (χ1n) is 11.0. The van der Waals surface area contributed by atoms with E-state index in [2.05, 4.69) is 0 Å². The summed E-state index contributed by atoms with van der Waals surface area (Å²) in [5, 5.41) is 0. The molecular weight excluding hydrogens is 478 g/mol. The van der Waals surface area contributed by atoms with Crippen molar-refractivity contribution in [1.82, 2.24) is 9.21 Å². The van der Waals surface area contributed by atoms with Gasteiger partial charge in [0.25, 0.3) is 0 Å². The van der Waals surface area contributed by atoms with Crippen LogP contribution in [-0.4, -0.2) is 78.0 Å². The quantitative estimate of drug-likeness (QED) is 0.513. The van der Waals surface area contributed by atoms with Crippen LogP contribution >= 0.6 is 0 Å². The fourth-order valence-corrected chi connectivity index (χ4v) is 6.20. The van der Waals surface area contributed by atoms with E-state index in [0.29, 0.717) is 30.9 Å². The summed E-state index contributed by atoms with van der Waals surface area (Å²) < 4.78 is 58.1. The predicted octanol–water partition coefficient (Wildman–Crippen LogP) is 2.08. The zero-order valence-electron chi connectivity index (χ0n) is 19.7. The molecule has 2 aromatic carbocycles. The van der Waals surface area contributed by atoms with Crippen LogP contribution in [-0.2, 0) is 24.8 Å². The molecule has 34 heavy (non-hydrogen) atoms. The van der Waals surface area contributed by atoms with Crippen molar-refractivity contribution >= 4 is 31.6 Å². The lowest BCUT2D eigenvalue weighted by Gasteiger charge is -2.34. The molecule has 1 aliphatic rings. The summed E-state index contributed by atoms with van der Waals surface area (Å²) >= 11 is 0. The molecule has 0 unspecified atom stereocenters. The molecule has 1 amide bonds. The van der Waals surface area contributed by atoms with Crippen molar-refractivity contribution in [2.45, 2.75) is 24.7 Å². The Morgan fingerprint density at radius 1 is 1.00 bits per heavy atom. The molecule has 0 radical (unpaired) electrons. The number of hydrogen-bond donors (Lipinski definition) is 0. The Hall–Kier alpha value is -2.63. The predicted molar refractivity (Wildman–Crippen MR) is 131 cm³/mol. The Balaban J connectivity index is 1.55. The van der Waals surface area contributed by atoms with Gasteiger partial charge < -0.3 is 9.64 Å². The Bertz CT molecular complexity index is 1210. The largest absolute Gasteiger partial charge is 0.497 e. The summed E-state index contributed by atoms with van der Waals surface area (Å²) in [4.78, 5) is 14.6. The Morgan fingerprint density at radius 2 is 1.65 bits per heavy atom. The highest BCUT2D eigenvalue weighted by molar-refractivity contribution is 7.92. The van der Waals surface area contributed by atoms with Crippen molar-refractivity contribution in [3.05, 3.63) is 54.1 Å². The molecular formula is C23H31N3O6S2. The van der Waals surface area contributed by atoms with Crippen molar-refractivity contribution in [2.75, 3.05) is 50.4 Å². The minimum absolute atomic E-state index is 0.119. The number of piperazine rings is 1. The van der Waals surface area contributed by atoms with Crippen LogP contribution < -0.4 is 9.04 Å². The zero-order valence-corrected chi connectivity index (χ0v) is 21.3. The number of aryl methyl sites for hydroxylation is 1. The molecule has 0 aromatic heterocycles. The second-order valence-electron chi connectivity index (χ2n) is 8.24. The van der Waals surface area contributed by atoms with Crippen LogP contribution in [0.15, 0.2) is 53.4 Å². The smallest absolute Gasteiger partial charge is 0.243 e. The lowest BCUT2D eigenvalue weighted by atomic mass is 10.2. The van der Waals surface area contributed by atoms with Crippen LogP contribution in [0.1, 0.15) is 18.4 Å². The molecule has 1 fully saturated rings. The fourth-order valence-electron chi connectivity index (χ4n) is 3.82. The van der Waals surface area contributed by atoms with Gasteiger partial charge in [0.2, 0.25) is 26.0 Å². The van der Waals surface area contributed by atoms with E-state index in [4.69, 9.17) is 4.74 Å². The van der Waals surface area contributed by atoms with E-state index in [9.17, 15) is 21.6 Å². The summed E-state index contributed by atoms with van der Waals surface area (Å²) in [7, 11) is -5.63. The van der Waals surface area contributed by atoms with Crippen molar-refractivity contribution < 1.29 is 26.4 Å². The van der Waals surface area contributed by atoms with Crippen molar-refractivity contribution in [3.8, 4) is 5.75 Å². The number of nitrogens with zero attached hydrogens (tertiary/aromatic N) is 3. The van der Waals surface area contributed by atoms with Crippen LogP contribution in [0.3, 0.4) is 0 Å². The summed E-state index contributed by atoms with van der Waals surface area (Å²) in [5.41, 5.74) is 1.46. The SMILES string of the molecule is COc1cccc(N(CCCC(=O)N2CCN(S(=O)(=O)c3ccc(C)cc3)CC2)S(C)(=O)=O)c1. The van der Waals surface area contributed by atoms with Gasteiger partial charge in [-0.05, 0) is 37.6 Å². The van der Waals surface area contributed by atoms with Gasteiger partial charge in [0, 0.05) is 45.2 Å². The summed E-state index contributed by atoms with van der Waals surface area (Å²) in [6.45, 7) is 3.10. The van der Waals surface area contributed by atoms with Crippen molar-refractivity contribution in [2.24, 2.45) is 0 Å². The first-order chi connectivity index (χ1) is 16.0. The van der Waals surface area contributed by atoms with Gasteiger partial charge in [0.15, 0.2) is 0 Å². The highest BCUT2D eigenvalue weighted by Crippen LogP contribution is 2.24. The molecule has 9 nitrogen and oxygen atoms in total.